The summed E-state index contributed by atoms with van der Waals surface area (Å²) in [6, 6.07) is 7.12. The van der Waals surface area contributed by atoms with Crippen molar-refractivity contribution in [3.63, 3.8) is 0 Å². The molecule has 112 valence electrons. The summed E-state index contributed by atoms with van der Waals surface area (Å²) in [4.78, 5) is 10.8. The smallest absolute Gasteiger partial charge is 0.358 e. The maximum Gasteiger partial charge on any atom is 0.358 e. The van der Waals surface area contributed by atoms with Crippen LogP contribution in [0.1, 0.15) is 28.2 Å². The van der Waals surface area contributed by atoms with Crippen LogP contribution in [0.5, 0.6) is 5.75 Å². The van der Waals surface area contributed by atoms with E-state index in [4.69, 9.17) is 9.84 Å². The standard InChI is InChI=1S/C13H13F2N3O3/c1-21-9-4-2-8(3-5-9)6-7-18-11(12(14)15)10(13(19)20)16-17-18/h2-5,12H,6-7H2,1H3,(H,19,20). The highest BCUT2D eigenvalue weighted by atomic mass is 19.3. The topological polar surface area (TPSA) is 77.2 Å². The van der Waals surface area contributed by atoms with E-state index in [-0.39, 0.29) is 6.54 Å². The summed E-state index contributed by atoms with van der Waals surface area (Å²) in [5.41, 5.74) is -0.487. The van der Waals surface area contributed by atoms with E-state index in [9.17, 15) is 13.6 Å². The molecule has 0 atom stereocenters. The fourth-order valence-electron chi connectivity index (χ4n) is 1.88. The molecule has 0 aliphatic carbocycles. The number of hydrogen-bond acceptors (Lipinski definition) is 4. The number of aromatic carboxylic acids is 1. The second-order valence-electron chi connectivity index (χ2n) is 4.25. The molecule has 8 heteroatoms. The van der Waals surface area contributed by atoms with Gasteiger partial charge < -0.3 is 9.84 Å². The molecule has 0 spiro atoms. The lowest BCUT2D eigenvalue weighted by Gasteiger charge is -2.07. The van der Waals surface area contributed by atoms with Gasteiger partial charge in [-0.3, -0.25) is 0 Å². The molecule has 2 rings (SSSR count). The third kappa shape index (κ3) is 3.33. The van der Waals surface area contributed by atoms with Gasteiger partial charge in [-0.15, -0.1) is 5.10 Å². The number of carbonyl (C=O) groups is 1. The van der Waals surface area contributed by atoms with Gasteiger partial charge in [0.2, 0.25) is 0 Å². The number of alkyl halides is 2. The normalized spacial score (nSPS) is 10.9. The highest BCUT2D eigenvalue weighted by molar-refractivity contribution is 5.86. The van der Waals surface area contributed by atoms with Crippen LogP contribution in [-0.2, 0) is 13.0 Å². The molecule has 6 nitrogen and oxygen atoms in total. The van der Waals surface area contributed by atoms with Crippen molar-refractivity contribution in [2.24, 2.45) is 0 Å². The third-order valence-corrected chi connectivity index (χ3v) is 2.95. The van der Waals surface area contributed by atoms with E-state index in [0.29, 0.717) is 12.2 Å². The van der Waals surface area contributed by atoms with Crippen LogP contribution in [0.4, 0.5) is 8.78 Å². The molecule has 0 amide bonds. The van der Waals surface area contributed by atoms with Crippen molar-refractivity contribution in [1.29, 1.82) is 0 Å². The number of carboxylic acid groups (broad SMARTS) is 1. The van der Waals surface area contributed by atoms with E-state index in [2.05, 4.69) is 10.3 Å². The minimum absolute atomic E-state index is 0.117. The number of rotatable bonds is 6. The first-order valence-corrected chi connectivity index (χ1v) is 6.10. The molecule has 0 saturated carbocycles. The van der Waals surface area contributed by atoms with Gasteiger partial charge in [0, 0.05) is 6.54 Å². The monoisotopic (exact) mass is 297 g/mol. The van der Waals surface area contributed by atoms with Crippen LogP contribution in [0.3, 0.4) is 0 Å². The second-order valence-corrected chi connectivity index (χ2v) is 4.25. The Kier molecular flexibility index (Phi) is 4.46. The number of halogens is 2. The lowest BCUT2D eigenvalue weighted by molar-refractivity contribution is 0.0675. The zero-order chi connectivity index (χ0) is 15.4. The van der Waals surface area contributed by atoms with Crippen molar-refractivity contribution in [3.05, 3.63) is 41.2 Å². The van der Waals surface area contributed by atoms with Crippen molar-refractivity contribution >= 4 is 5.97 Å². The quantitative estimate of drug-likeness (QED) is 0.884. The van der Waals surface area contributed by atoms with Crippen molar-refractivity contribution in [2.75, 3.05) is 7.11 Å². The summed E-state index contributed by atoms with van der Waals surface area (Å²) in [6.45, 7) is 0.117. The highest BCUT2D eigenvalue weighted by Gasteiger charge is 2.25. The van der Waals surface area contributed by atoms with Gasteiger partial charge in [0.25, 0.3) is 6.43 Å². The molecule has 0 radical (unpaired) electrons. The number of aryl methyl sites for hydroxylation is 2. The Labute approximate surface area is 119 Å². The maximum atomic E-state index is 12.9. The van der Waals surface area contributed by atoms with Gasteiger partial charge in [-0.25, -0.2) is 18.3 Å². The van der Waals surface area contributed by atoms with Crippen molar-refractivity contribution in [2.45, 2.75) is 19.4 Å². The minimum Gasteiger partial charge on any atom is -0.497 e. The lowest BCUT2D eigenvalue weighted by atomic mass is 10.1. The van der Waals surface area contributed by atoms with E-state index in [0.717, 1.165) is 10.2 Å². The molecule has 1 heterocycles. The fraction of sp³-hybridized carbons (Fsp3) is 0.308. The molecule has 1 N–H and O–H groups in total. The van der Waals surface area contributed by atoms with Crippen LogP contribution in [-0.4, -0.2) is 33.2 Å². The van der Waals surface area contributed by atoms with E-state index in [1.807, 2.05) is 0 Å². The molecular formula is C13H13F2N3O3. The molecular weight excluding hydrogens is 284 g/mol. The molecule has 0 aliphatic rings. The van der Waals surface area contributed by atoms with Gasteiger partial charge in [-0.1, -0.05) is 17.3 Å². The summed E-state index contributed by atoms with van der Waals surface area (Å²) in [5.74, 6) is -0.818. The van der Waals surface area contributed by atoms with E-state index in [1.54, 1.807) is 31.4 Å². The third-order valence-electron chi connectivity index (χ3n) is 2.95. The Balaban J connectivity index is 2.14. The number of methoxy groups -OCH3 is 1. The minimum atomic E-state index is -2.94. The zero-order valence-corrected chi connectivity index (χ0v) is 11.2. The van der Waals surface area contributed by atoms with Gasteiger partial charge in [0.1, 0.15) is 11.4 Å². The number of hydrogen-bond donors (Lipinski definition) is 1. The SMILES string of the molecule is COc1ccc(CCn2nnc(C(=O)O)c2C(F)F)cc1. The van der Waals surface area contributed by atoms with Crippen LogP contribution in [0.2, 0.25) is 0 Å². The Bertz CT molecular complexity index is 626. The van der Waals surface area contributed by atoms with E-state index in [1.165, 1.54) is 0 Å². The largest absolute Gasteiger partial charge is 0.497 e. The number of carboxylic acids is 1. The highest BCUT2D eigenvalue weighted by Crippen LogP contribution is 2.22. The predicted molar refractivity (Wildman–Crippen MR) is 68.6 cm³/mol. The van der Waals surface area contributed by atoms with Crippen LogP contribution in [0.25, 0.3) is 0 Å². The Hall–Kier alpha value is -2.51. The van der Waals surface area contributed by atoms with Crippen molar-refractivity contribution in [1.82, 2.24) is 15.0 Å². The van der Waals surface area contributed by atoms with Gasteiger partial charge in [-0.2, -0.15) is 0 Å². The summed E-state index contributed by atoms with van der Waals surface area (Å²) in [5, 5.41) is 15.6. The molecule has 0 fully saturated rings. The Morgan fingerprint density at radius 3 is 2.57 bits per heavy atom. The zero-order valence-electron chi connectivity index (χ0n) is 11.2. The molecule has 0 unspecified atom stereocenters. The average Bonchev–Trinajstić information content (AvgIpc) is 2.90. The summed E-state index contributed by atoms with van der Waals surface area (Å²) < 4.78 is 31.8. The summed E-state index contributed by atoms with van der Waals surface area (Å²) >= 11 is 0. The van der Waals surface area contributed by atoms with Gasteiger partial charge >= 0.3 is 5.97 Å². The first kappa shape index (κ1) is 14.9. The van der Waals surface area contributed by atoms with E-state index >= 15 is 0 Å². The number of benzene rings is 1. The molecule has 0 aliphatic heterocycles. The molecule has 2 aromatic rings. The van der Waals surface area contributed by atoms with Crippen LogP contribution in [0, 0.1) is 0 Å². The lowest BCUT2D eigenvalue weighted by Crippen LogP contribution is -2.10. The Morgan fingerprint density at radius 2 is 2.05 bits per heavy atom. The van der Waals surface area contributed by atoms with Crippen molar-refractivity contribution in [3.8, 4) is 5.75 Å². The maximum absolute atomic E-state index is 12.9. The first-order valence-electron chi connectivity index (χ1n) is 6.10. The Morgan fingerprint density at radius 1 is 1.38 bits per heavy atom. The molecule has 1 aromatic carbocycles. The summed E-state index contributed by atoms with van der Waals surface area (Å²) in [6.07, 6.45) is -2.52. The number of ether oxygens (including phenoxy) is 1. The van der Waals surface area contributed by atoms with Crippen LogP contribution < -0.4 is 4.74 Å². The molecule has 1 aromatic heterocycles. The summed E-state index contributed by atoms with van der Waals surface area (Å²) in [7, 11) is 1.55. The van der Waals surface area contributed by atoms with E-state index < -0.39 is 23.8 Å². The second kappa shape index (κ2) is 6.29. The first-order chi connectivity index (χ1) is 10.0. The van der Waals surface area contributed by atoms with Gasteiger partial charge in [0.15, 0.2) is 5.69 Å². The van der Waals surface area contributed by atoms with Gasteiger partial charge in [0.05, 0.1) is 7.11 Å². The predicted octanol–water partition coefficient (Wildman–Crippen LogP) is 2.17. The van der Waals surface area contributed by atoms with Gasteiger partial charge in [-0.05, 0) is 24.1 Å². The number of aromatic nitrogens is 3. The van der Waals surface area contributed by atoms with Crippen molar-refractivity contribution < 1.29 is 23.4 Å². The average molecular weight is 297 g/mol. The molecule has 0 saturated heterocycles. The molecule has 0 bridgehead atoms. The fourth-order valence-corrected chi connectivity index (χ4v) is 1.88. The molecule has 21 heavy (non-hydrogen) atoms. The van der Waals surface area contributed by atoms with Crippen LogP contribution >= 0.6 is 0 Å². The van der Waals surface area contributed by atoms with Crippen LogP contribution in [0.15, 0.2) is 24.3 Å². The number of nitrogens with zero attached hydrogens (tertiary/aromatic N) is 3.